The van der Waals surface area contributed by atoms with E-state index in [1.165, 1.54) is 17.2 Å². The van der Waals surface area contributed by atoms with Crippen molar-refractivity contribution in [2.45, 2.75) is 57.2 Å². The molecule has 2 amide bonds. The SMILES string of the molecule is Cc1csc(C(O)(CC(=O)N2CCN(C(=O)CC3CCCC3)CC2)C(F)(F)F)n1. The topological polar surface area (TPSA) is 73.7 Å². The van der Waals surface area contributed by atoms with Gasteiger partial charge in [-0.25, -0.2) is 4.98 Å². The summed E-state index contributed by atoms with van der Waals surface area (Å²) in [6, 6.07) is 0. The first-order chi connectivity index (χ1) is 13.6. The van der Waals surface area contributed by atoms with Crippen LogP contribution in [0.2, 0.25) is 0 Å². The molecule has 1 saturated carbocycles. The number of nitrogens with zero attached hydrogens (tertiary/aromatic N) is 3. The first-order valence-corrected chi connectivity index (χ1v) is 10.8. The van der Waals surface area contributed by atoms with E-state index in [-0.39, 0.29) is 19.0 Å². The number of thiazole rings is 1. The summed E-state index contributed by atoms with van der Waals surface area (Å²) in [4.78, 5) is 31.7. The highest BCUT2D eigenvalue weighted by molar-refractivity contribution is 7.09. The molecule has 162 valence electrons. The van der Waals surface area contributed by atoms with Crippen molar-refractivity contribution in [2.75, 3.05) is 26.2 Å². The van der Waals surface area contributed by atoms with Gasteiger partial charge < -0.3 is 14.9 Å². The Labute approximate surface area is 171 Å². The Morgan fingerprint density at radius 2 is 1.69 bits per heavy atom. The van der Waals surface area contributed by atoms with E-state index < -0.39 is 29.1 Å². The van der Waals surface area contributed by atoms with Crippen LogP contribution < -0.4 is 0 Å². The van der Waals surface area contributed by atoms with Gasteiger partial charge >= 0.3 is 6.18 Å². The number of halogens is 3. The van der Waals surface area contributed by atoms with Crippen LogP contribution in [0.25, 0.3) is 0 Å². The number of piperazine rings is 1. The Balaban J connectivity index is 1.58. The van der Waals surface area contributed by atoms with Gasteiger partial charge in [0.2, 0.25) is 17.4 Å². The average molecular weight is 433 g/mol. The quantitative estimate of drug-likeness (QED) is 0.775. The molecule has 2 fully saturated rings. The lowest BCUT2D eigenvalue weighted by Crippen LogP contribution is -2.53. The Bertz CT molecular complexity index is 741. The second-order valence-corrected chi connectivity index (χ2v) is 8.80. The van der Waals surface area contributed by atoms with Gasteiger partial charge in [-0.05, 0) is 25.7 Å². The number of amides is 2. The molecule has 1 aromatic rings. The van der Waals surface area contributed by atoms with E-state index in [4.69, 9.17) is 0 Å². The number of carbonyl (C=O) groups excluding carboxylic acids is 2. The average Bonchev–Trinajstić information content (AvgIpc) is 3.32. The molecular formula is C19H26F3N3O3S. The van der Waals surface area contributed by atoms with E-state index in [0.29, 0.717) is 42.5 Å². The summed E-state index contributed by atoms with van der Waals surface area (Å²) in [5.41, 5.74) is -2.95. The van der Waals surface area contributed by atoms with E-state index >= 15 is 0 Å². The lowest BCUT2D eigenvalue weighted by molar-refractivity contribution is -0.268. The third-order valence-corrected chi connectivity index (χ3v) is 6.88. The molecule has 1 saturated heterocycles. The zero-order chi connectivity index (χ0) is 21.2. The molecule has 1 unspecified atom stereocenters. The number of aromatic nitrogens is 1. The number of aliphatic hydroxyl groups is 1. The molecule has 3 rings (SSSR count). The Kier molecular flexibility index (Phi) is 6.52. The van der Waals surface area contributed by atoms with Crippen LogP contribution in [0.3, 0.4) is 0 Å². The molecule has 2 aliphatic rings. The second-order valence-electron chi connectivity index (χ2n) is 7.95. The fraction of sp³-hybridized carbons (Fsp3) is 0.737. The molecule has 1 aromatic heterocycles. The molecule has 1 aliphatic carbocycles. The van der Waals surface area contributed by atoms with Crippen LogP contribution in [0.4, 0.5) is 13.2 Å². The molecule has 10 heteroatoms. The molecule has 1 aliphatic heterocycles. The molecule has 29 heavy (non-hydrogen) atoms. The molecule has 0 spiro atoms. The van der Waals surface area contributed by atoms with Crippen LogP contribution in [0.5, 0.6) is 0 Å². The van der Waals surface area contributed by atoms with Crippen LogP contribution in [0, 0.1) is 12.8 Å². The van der Waals surface area contributed by atoms with E-state index in [0.717, 1.165) is 25.7 Å². The third kappa shape index (κ3) is 4.91. The zero-order valence-electron chi connectivity index (χ0n) is 16.4. The first kappa shape index (κ1) is 22.0. The van der Waals surface area contributed by atoms with Gasteiger partial charge in [-0.2, -0.15) is 13.2 Å². The molecule has 2 heterocycles. The third-order valence-electron chi connectivity index (χ3n) is 5.77. The number of hydrogen-bond acceptors (Lipinski definition) is 5. The van der Waals surface area contributed by atoms with E-state index in [1.54, 1.807) is 4.90 Å². The molecule has 0 aromatic carbocycles. The highest BCUT2D eigenvalue weighted by Gasteiger charge is 2.58. The summed E-state index contributed by atoms with van der Waals surface area (Å²) in [5.74, 6) is -0.319. The van der Waals surface area contributed by atoms with Crippen molar-refractivity contribution in [3.8, 4) is 0 Å². The summed E-state index contributed by atoms with van der Waals surface area (Å²) in [7, 11) is 0. The number of hydrogen-bond donors (Lipinski definition) is 1. The summed E-state index contributed by atoms with van der Waals surface area (Å²) in [5, 5.41) is 11.2. The Hall–Kier alpha value is -1.68. The Morgan fingerprint density at radius 1 is 1.14 bits per heavy atom. The normalized spacial score (nSPS) is 20.7. The molecule has 1 atom stereocenters. The fourth-order valence-corrected chi connectivity index (χ4v) is 4.88. The largest absolute Gasteiger partial charge is 0.424 e. The number of carbonyl (C=O) groups is 2. The van der Waals surface area contributed by atoms with Gasteiger partial charge in [0, 0.05) is 43.7 Å². The van der Waals surface area contributed by atoms with Crippen molar-refractivity contribution >= 4 is 23.2 Å². The van der Waals surface area contributed by atoms with Crippen molar-refractivity contribution in [2.24, 2.45) is 5.92 Å². The predicted octanol–water partition coefficient (Wildman–Crippen LogP) is 2.84. The summed E-state index contributed by atoms with van der Waals surface area (Å²) in [6.07, 6.45) is -1.19. The van der Waals surface area contributed by atoms with Gasteiger partial charge in [0.15, 0.2) is 0 Å². The number of alkyl halides is 3. The summed E-state index contributed by atoms with van der Waals surface area (Å²) >= 11 is 0.687. The van der Waals surface area contributed by atoms with E-state index in [1.807, 2.05) is 0 Å². The molecule has 0 bridgehead atoms. The second kappa shape index (κ2) is 8.59. The molecule has 1 N–H and O–H groups in total. The molecular weight excluding hydrogens is 407 g/mol. The number of rotatable bonds is 5. The lowest BCUT2D eigenvalue weighted by atomic mass is 9.98. The first-order valence-electron chi connectivity index (χ1n) is 9.87. The standard InChI is InChI=1S/C19H26F3N3O3S/c1-13-12-29-17(23-13)18(28,19(20,21)22)11-16(27)25-8-6-24(7-9-25)15(26)10-14-4-2-3-5-14/h12,14,28H,2-11H2,1H3. The minimum atomic E-state index is -5.02. The van der Waals surface area contributed by atoms with E-state index in [2.05, 4.69) is 4.98 Å². The highest BCUT2D eigenvalue weighted by Crippen LogP contribution is 2.43. The minimum absolute atomic E-state index is 0.0501. The predicted molar refractivity (Wildman–Crippen MR) is 101 cm³/mol. The summed E-state index contributed by atoms with van der Waals surface area (Å²) in [6.45, 7) is 2.47. The lowest BCUT2D eigenvalue weighted by Gasteiger charge is -2.37. The Morgan fingerprint density at radius 3 is 2.17 bits per heavy atom. The van der Waals surface area contributed by atoms with Gasteiger partial charge in [-0.1, -0.05) is 12.8 Å². The van der Waals surface area contributed by atoms with Crippen LogP contribution >= 0.6 is 11.3 Å². The number of aryl methyl sites for hydroxylation is 1. The van der Waals surface area contributed by atoms with Crippen molar-refractivity contribution in [1.82, 2.24) is 14.8 Å². The minimum Gasteiger partial charge on any atom is -0.374 e. The van der Waals surface area contributed by atoms with Gasteiger partial charge in [0.25, 0.3) is 0 Å². The van der Waals surface area contributed by atoms with Crippen molar-refractivity contribution in [1.29, 1.82) is 0 Å². The van der Waals surface area contributed by atoms with Crippen molar-refractivity contribution in [3.05, 3.63) is 16.1 Å². The van der Waals surface area contributed by atoms with Gasteiger partial charge in [-0.3, -0.25) is 9.59 Å². The van der Waals surface area contributed by atoms with Crippen molar-refractivity contribution in [3.63, 3.8) is 0 Å². The fourth-order valence-electron chi connectivity index (χ4n) is 3.97. The van der Waals surface area contributed by atoms with Gasteiger partial charge in [0.05, 0.1) is 6.42 Å². The monoisotopic (exact) mass is 433 g/mol. The summed E-state index contributed by atoms with van der Waals surface area (Å²) < 4.78 is 40.7. The molecule has 6 nitrogen and oxygen atoms in total. The smallest absolute Gasteiger partial charge is 0.374 e. The maximum Gasteiger partial charge on any atom is 0.424 e. The zero-order valence-corrected chi connectivity index (χ0v) is 17.2. The van der Waals surface area contributed by atoms with Crippen LogP contribution in [0.1, 0.15) is 49.2 Å². The van der Waals surface area contributed by atoms with Crippen LogP contribution in [-0.2, 0) is 15.2 Å². The van der Waals surface area contributed by atoms with Crippen LogP contribution in [0.15, 0.2) is 5.38 Å². The van der Waals surface area contributed by atoms with Gasteiger partial charge in [0.1, 0.15) is 5.01 Å². The van der Waals surface area contributed by atoms with Gasteiger partial charge in [-0.15, -0.1) is 11.3 Å². The maximum absolute atomic E-state index is 13.6. The molecule has 0 radical (unpaired) electrons. The van der Waals surface area contributed by atoms with E-state index in [9.17, 15) is 27.9 Å². The maximum atomic E-state index is 13.6. The van der Waals surface area contributed by atoms with Crippen LogP contribution in [-0.4, -0.2) is 64.1 Å². The highest BCUT2D eigenvalue weighted by atomic mass is 32.1. The van der Waals surface area contributed by atoms with Crippen molar-refractivity contribution < 1.29 is 27.9 Å².